The predicted molar refractivity (Wildman–Crippen MR) is 125 cm³/mol. The van der Waals surface area contributed by atoms with E-state index < -0.39 is 34.9 Å². The summed E-state index contributed by atoms with van der Waals surface area (Å²) in [4.78, 5) is 18.1. The van der Waals surface area contributed by atoms with E-state index in [-0.39, 0.29) is 40.6 Å². The first-order valence-corrected chi connectivity index (χ1v) is 12.6. The Bertz CT molecular complexity index is 1410. The summed E-state index contributed by atoms with van der Waals surface area (Å²) < 4.78 is 67.9. The molecule has 0 saturated carbocycles. The second-order valence-corrected chi connectivity index (χ2v) is 10.3. The molecule has 2 aromatic heterocycles. The van der Waals surface area contributed by atoms with E-state index in [2.05, 4.69) is 14.1 Å². The van der Waals surface area contributed by atoms with Gasteiger partial charge in [0.25, 0.3) is 5.92 Å². The van der Waals surface area contributed by atoms with Gasteiger partial charge in [0.05, 0.1) is 18.1 Å². The number of benzene rings is 2. The van der Waals surface area contributed by atoms with E-state index in [1.165, 1.54) is 17.0 Å². The smallest absolute Gasteiger partial charge is 0.420 e. The molecule has 1 N–H and O–H groups in total. The Morgan fingerprint density at radius 2 is 2.14 bits per heavy atom. The third-order valence-electron chi connectivity index (χ3n) is 5.94. The van der Waals surface area contributed by atoms with Crippen LogP contribution in [0.3, 0.4) is 0 Å². The fraction of sp³-hybridized carbons (Fsp3) is 0.318. The molecule has 13 heteroatoms. The quantitative estimate of drug-likeness (QED) is 0.363. The average molecular weight is 524 g/mol. The topological polar surface area (TPSA) is 99.2 Å². The number of nitrogens with one attached hydrogen (secondary N) is 1. The van der Waals surface area contributed by atoms with Crippen molar-refractivity contribution in [2.24, 2.45) is 0 Å². The number of nitrogens with zero attached hydrogens (tertiary/aromatic N) is 4. The maximum absolute atomic E-state index is 15.0. The Hall–Kier alpha value is -2.87. The van der Waals surface area contributed by atoms with E-state index in [1.807, 2.05) is 18.2 Å². The molecule has 35 heavy (non-hydrogen) atoms. The van der Waals surface area contributed by atoms with Crippen molar-refractivity contribution in [3.8, 4) is 0 Å². The maximum atomic E-state index is 15.0. The van der Waals surface area contributed by atoms with Gasteiger partial charge in [-0.2, -0.15) is 9.10 Å². The molecule has 1 aliphatic rings. The van der Waals surface area contributed by atoms with E-state index in [1.54, 1.807) is 17.9 Å². The summed E-state index contributed by atoms with van der Waals surface area (Å²) in [7, 11) is 0. The molecule has 0 aliphatic carbocycles. The van der Waals surface area contributed by atoms with Crippen LogP contribution in [0.5, 0.6) is 0 Å². The molecule has 2 aromatic carbocycles. The van der Waals surface area contributed by atoms with Gasteiger partial charge in [0.1, 0.15) is 17.7 Å². The highest BCUT2D eigenvalue weighted by Gasteiger charge is 2.38. The Labute approximate surface area is 204 Å². The van der Waals surface area contributed by atoms with Gasteiger partial charge in [0, 0.05) is 43.2 Å². The van der Waals surface area contributed by atoms with Gasteiger partial charge >= 0.3 is 5.76 Å². The van der Waals surface area contributed by atoms with E-state index in [0.29, 0.717) is 6.54 Å². The van der Waals surface area contributed by atoms with Crippen molar-refractivity contribution in [3.05, 3.63) is 70.2 Å². The number of anilines is 1. The first-order valence-electron chi connectivity index (χ1n) is 10.7. The molecular formula is C22H20F3N5O3S2. The van der Waals surface area contributed by atoms with Crippen molar-refractivity contribution < 1.29 is 22.1 Å². The molecule has 1 aliphatic heterocycles. The Balaban J connectivity index is 1.47. The third kappa shape index (κ3) is 4.81. The molecule has 8 nitrogen and oxygen atoms in total. The zero-order valence-electron chi connectivity index (χ0n) is 18.4. The van der Waals surface area contributed by atoms with E-state index in [9.17, 15) is 22.5 Å². The zero-order chi connectivity index (χ0) is 24.7. The minimum atomic E-state index is -2.71. The fourth-order valence-corrected chi connectivity index (χ4v) is 5.74. The molecule has 0 bridgehead atoms. The molecule has 1 fully saturated rings. The summed E-state index contributed by atoms with van der Waals surface area (Å²) in [6.07, 6.45) is 1.09. The SMILES string of the molecule is C[C@H](c1ccccc1CN1CCC(F)(F)C1)n1c(=O)oc2cc([S+]([O-])Nc3ncns3)c(F)cc21. The number of rotatable bonds is 7. The number of fused-ring (bicyclic) bond motifs is 1. The van der Waals surface area contributed by atoms with E-state index >= 15 is 0 Å². The van der Waals surface area contributed by atoms with Crippen LogP contribution in [0, 0.1) is 5.82 Å². The van der Waals surface area contributed by atoms with Crippen LogP contribution in [-0.2, 0) is 17.9 Å². The Morgan fingerprint density at radius 3 is 2.86 bits per heavy atom. The van der Waals surface area contributed by atoms with Crippen LogP contribution >= 0.6 is 11.5 Å². The van der Waals surface area contributed by atoms with E-state index in [0.717, 1.165) is 28.7 Å². The van der Waals surface area contributed by atoms with Gasteiger partial charge in [-0.25, -0.2) is 22.9 Å². The standard InChI is InChI=1S/C22H20F3N5O3S2/c1-13(15-5-3-2-4-14(15)10-29-7-6-22(24,25)11-29)30-17-8-16(23)19(9-18(17)33-21(30)31)35(32)28-20-26-12-27-34-20/h2-5,8-9,12-13H,6-7,10-11H2,1H3,(H,26,27,28)/t13-,35?/m1/s1. The van der Waals surface area contributed by atoms with E-state index in [4.69, 9.17) is 4.42 Å². The molecule has 1 saturated heterocycles. The van der Waals surface area contributed by atoms with Crippen molar-refractivity contribution in [3.63, 3.8) is 0 Å². The van der Waals surface area contributed by atoms with Gasteiger partial charge in [-0.05, 0) is 18.1 Å². The van der Waals surface area contributed by atoms with Gasteiger partial charge in [-0.3, -0.25) is 9.47 Å². The summed E-state index contributed by atoms with van der Waals surface area (Å²) in [6, 6.07) is 9.00. The summed E-state index contributed by atoms with van der Waals surface area (Å²) in [6.45, 7) is 2.02. The Kier molecular flexibility index (Phi) is 6.34. The predicted octanol–water partition coefficient (Wildman–Crippen LogP) is 4.17. The largest absolute Gasteiger partial charge is 0.588 e. The highest BCUT2D eigenvalue weighted by Crippen LogP contribution is 2.32. The molecule has 0 radical (unpaired) electrons. The molecule has 184 valence electrons. The normalized spacial score (nSPS) is 17.6. The number of likely N-dealkylation sites (tertiary alicyclic amines) is 1. The van der Waals surface area contributed by atoms with Gasteiger partial charge < -0.3 is 8.97 Å². The maximum Gasteiger partial charge on any atom is 0.420 e. The van der Waals surface area contributed by atoms with Crippen LogP contribution in [0.2, 0.25) is 0 Å². The minimum Gasteiger partial charge on any atom is -0.588 e. The number of hydrogen-bond acceptors (Lipinski definition) is 8. The van der Waals surface area contributed by atoms with Gasteiger partial charge in [-0.1, -0.05) is 24.3 Å². The molecule has 1 unspecified atom stereocenters. The molecule has 0 amide bonds. The van der Waals surface area contributed by atoms with Crippen molar-refractivity contribution >= 4 is 39.1 Å². The number of aromatic nitrogens is 3. The average Bonchev–Trinajstić information content (AvgIpc) is 3.51. The molecule has 5 rings (SSSR count). The second-order valence-electron chi connectivity index (χ2n) is 8.30. The van der Waals surface area contributed by atoms with Crippen molar-refractivity contribution in [1.82, 2.24) is 18.8 Å². The third-order valence-corrected chi connectivity index (χ3v) is 7.74. The molecule has 4 aromatic rings. The lowest BCUT2D eigenvalue weighted by atomic mass is 10.0. The van der Waals surface area contributed by atoms with Crippen molar-refractivity contribution in [2.75, 3.05) is 17.8 Å². The highest BCUT2D eigenvalue weighted by molar-refractivity contribution is 7.93. The summed E-state index contributed by atoms with van der Waals surface area (Å²) in [5.41, 5.74) is 1.79. The molecular weight excluding hydrogens is 503 g/mol. The van der Waals surface area contributed by atoms with Crippen LogP contribution < -0.4 is 10.5 Å². The lowest BCUT2D eigenvalue weighted by Gasteiger charge is -2.21. The molecule has 2 atom stereocenters. The van der Waals surface area contributed by atoms with Crippen LogP contribution in [0.1, 0.15) is 30.5 Å². The number of hydrogen-bond donors (Lipinski definition) is 1. The minimum absolute atomic E-state index is 0.0716. The van der Waals surface area contributed by atoms with Crippen LogP contribution in [0.4, 0.5) is 18.3 Å². The van der Waals surface area contributed by atoms with Gasteiger partial charge in [0.2, 0.25) is 10.0 Å². The first kappa shape index (κ1) is 23.9. The monoisotopic (exact) mass is 523 g/mol. The fourth-order valence-electron chi connectivity index (χ4n) is 4.30. The van der Waals surface area contributed by atoms with Crippen LogP contribution in [0.25, 0.3) is 11.1 Å². The summed E-state index contributed by atoms with van der Waals surface area (Å²) >= 11 is -1.03. The number of halogens is 3. The second kappa shape index (κ2) is 9.30. The van der Waals surface area contributed by atoms with Crippen LogP contribution in [-0.4, -0.2) is 42.4 Å². The molecule has 0 spiro atoms. The molecule has 3 heterocycles. The highest BCUT2D eigenvalue weighted by atomic mass is 32.2. The van der Waals surface area contributed by atoms with Crippen molar-refractivity contribution in [2.45, 2.75) is 36.7 Å². The van der Waals surface area contributed by atoms with Crippen molar-refractivity contribution in [1.29, 1.82) is 0 Å². The zero-order valence-corrected chi connectivity index (χ0v) is 20.0. The summed E-state index contributed by atoms with van der Waals surface area (Å²) in [5.74, 6) is -4.21. The lowest BCUT2D eigenvalue weighted by molar-refractivity contribution is 0.0115. The lowest BCUT2D eigenvalue weighted by Crippen LogP contribution is -2.26. The van der Waals surface area contributed by atoms with Crippen LogP contribution in [0.15, 0.2) is 56.8 Å². The first-order chi connectivity index (χ1) is 16.7. The summed E-state index contributed by atoms with van der Waals surface area (Å²) in [5, 5.41) is 0.253. The van der Waals surface area contributed by atoms with Gasteiger partial charge in [0.15, 0.2) is 11.4 Å². The Morgan fingerprint density at radius 1 is 1.34 bits per heavy atom. The van der Waals surface area contributed by atoms with Gasteiger partial charge in [-0.15, -0.1) is 0 Å². The number of oxazole rings is 1. The number of alkyl halides is 2.